The van der Waals surface area contributed by atoms with E-state index in [1.54, 1.807) is 6.92 Å². The Morgan fingerprint density at radius 1 is 1.48 bits per heavy atom. The van der Waals surface area contributed by atoms with Crippen LogP contribution in [-0.2, 0) is 9.53 Å². The molecule has 0 aromatic heterocycles. The number of methoxy groups -OCH3 is 1. The van der Waals surface area contributed by atoms with Crippen LogP contribution in [0, 0.1) is 0 Å². The fourth-order valence-electron chi connectivity index (χ4n) is 2.14. The van der Waals surface area contributed by atoms with Gasteiger partial charge in [-0.2, -0.15) is 0 Å². The van der Waals surface area contributed by atoms with E-state index >= 15 is 0 Å². The number of aliphatic hydroxyl groups excluding tert-OH is 2. The molecule has 0 spiro atoms. The summed E-state index contributed by atoms with van der Waals surface area (Å²) in [6.07, 6.45) is 0.0990. The predicted octanol–water partition coefficient (Wildman–Crippen LogP) is -1.14. The maximum atomic E-state index is 10.6. The lowest BCUT2D eigenvalue weighted by Gasteiger charge is -2.35. The van der Waals surface area contributed by atoms with Crippen molar-refractivity contribution in [2.24, 2.45) is 4.99 Å². The van der Waals surface area contributed by atoms with Crippen LogP contribution in [0.3, 0.4) is 0 Å². The summed E-state index contributed by atoms with van der Waals surface area (Å²) >= 11 is 0. The molecule has 0 saturated heterocycles. The van der Waals surface area contributed by atoms with Crippen LogP contribution in [0.5, 0.6) is 0 Å². The quantitative estimate of drug-likeness (QED) is 0.401. The third kappa shape index (κ3) is 4.69. The summed E-state index contributed by atoms with van der Waals surface area (Å²) in [5, 5.41) is 40.5. The first-order valence-electron chi connectivity index (χ1n) is 6.58. The number of aliphatic imine (C=N–C) groups is 1. The minimum absolute atomic E-state index is 0.00135. The van der Waals surface area contributed by atoms with E-state index in [9.17, 15) is 15.0 Å². The van der Waals surface area contributed by atoms with Gasteiger partial charge in [0.05, 0.1) is 37.3 Å². The van der Waals surface area contributed by atoms with E-state index in [4.69, 9.17) is 14.9 Å². The molecule has 0 bridgehead atoms. The number of nitrogens with one attached hydrogen (secondary N) is 1. The summed E-state index contributed by atoms with van der Waals surface area (Å²) in [5.41, 5.74) is -0.682. The second-order valence-electron chi connectivity index (χ2n) is 5.13. The standard InChI is InChI=1S/C13H22N2O6/c1-8(6-16)15-10-4-13(20,7-17)3-9(12(10)21-2)14-5-11(18)19/h8,15-17,20H,3-7H2,1-2H3,(H,18,19)/t8-,13+/m1/s1. The molecule has 0 unspecified atom stereocenters. The van der Waals surface area contributed by atoms with Crippen molar-refractivity contribution in [2.45, 2.75) is 31.4 Å². The van der Waals surface area contributed by atoms with Crippen molar-refractivity contribution in [3.8, 4) is 0 Å². The molecule has 5 N–H and O–H groups in total. The van der Waals surface area contributed by atoms with E-state index in [0.29, 0.717) is 11.5 Å². The monoisotopic (exact) mass is 302 g/mol. The van der Waals surface area contributed by atoms with Crippen molar-refractivity contribution in [3.63, 3.8) is 0 Å². The molecule has 8 heteroatoms. The van der Waals surface area contributed by atoms with Gasteiger partial charge in [-0.15, -0.1) is 0 Å². The molecule has 0 aromatic rings. The molecule has 1 rings (SSSR count). The SMILES string of the molecule is COC1=C(N[C@H](C)CO)C[C@](O)(CO)CC1=NCC(=O)O. The van der Waals surface area contributed by atoms with E-state index in [1.165, 1.54) is 7.11 Å². The Morgan fingerprint density at radius 3 is 2.62 bits per heavy atom. The molecule has 8 nitrogen and oxygen atoms in total. The number of allylic oxidation sites excluding steroid dienone is 1. The van der Waals surface area contributed by atoms with Crippen molar-refractivity contribution in [2.75, 3.05) is 26.9 Å². The van der Waals surface area contributed by atoms with E-state index < -0.39 is 24.7 Å². The lowest BCUT2D eigenvalue weighted by molar-refractivity contribution is -0.135. The van der Waals surface area contributed by atoms with Gasteiger partial charge in [0.15, 0.2) is 5.76 Å². The maximum absolute atomic E-state index is 10.6. The molecule has 0 aliphatic heterocycles. The molecular weight excluding hydrogens is 280 g/mol. The summed E-state index contributed by atoms with van der Waals surface area (Å²) in [5.74, 6) is -0.760. The van der Waals surface area contributed by atoms with E-state index in [-0.39, 0.29) is 31.2 Å². The van der Waals surface area contributed by atoms with Gasteiger partial charge in [-0.25, -0.2) is 0 Å². The Labute approximate surface area is 122 Å². The van der Waals surface area contributed by atoms with Crippen molar-refractivity contribution in [3.05, 3.63) is 11.5 Å². The summed E-state index contributed by atoms with van der Waals surface area (Å²) < 4.78 is 5.25. The molecule has 1 aliphatic carbocycles. The average Bonchev–Trinajstić information content (AvgIpc) is 2.44. The summed E-state index contributed by atoms with van der Waals surface area (Å²) in [6.45, 7) is 0.669. The number of carbonyl (C=O) groups is 1. The second-order valence-corrected chi connectivity index (χ2v) is 5.13. The fourth-order valence-corrected chi connectivity index (χ4v) is 2.14. The highest BCUT2D eigenvalue weighted by Gasteiger charge is 2.38. The van der Waals surface area contributed by atoms with Crippen LogP contribution in [0.2, 0.25) is 0 Å². The highest BCUT2D eigenvalue weighted by atomic mass is 16.5. The van der Waals surface area contributed by atoms with Gasteiger partial charge >= 0.3 is 5.97 Å². The van der Waals surface area contributed by atoms with Gasteiger partial charge in [-0.05, 0) is 6.92 Å². The maximum Gasteiger partial charge on any atom is 0.325 e. The molecule has 120 valence electrons. The number of carboxylic acids is 1. The molecule has 0 radical (unpaired) electrons. The van der Waals surface area contributed by atoms with Gasteiger partial charge in [0, 0.05) is 18.9 Å². The van der Waals surface area contributed by atoms with Gasteiger partial charge in [-0.3, -0.25) is 9.79 Å². The fraction of sp³-hybridized carbons (Fsp3) is 0.692. The number of ether oxygens (including phenoxy) is 1. The first-order chi connectivity index (χ1) is 9.85. The Balaban J connectivity index is 3.16. The highest BCUT2D eigenvalue weighted by Crippen LogP contribution is 2.30. The first-order valence-corrected chi connectivity index (χ1v) is 6.58. The zero-order chi connectivity index (χ0) is 16.0. The largest absolute Gasteiger partial charge is 0.493 e. The Morgan fingerprint density at radius 2 is 2.14 bits per heavy atom. The minimum atomic E-state index is -1.43. The van der Waals surface area contributed by atoms with E-state index in [0.717, 1.165) is 0 Å². The Bertz CT molecular complexity index is 448. The average molecular weight is 302 g/mol. The number of carboxylic acid groups (broad SMARTS) is 1. The van der Waals surface area contributed by atoms with Crippen LogP contribution in [0.4, 0.5) is 0 Å². The second kappa shape index (κ2) is 7.39. The van der Waals surface area contributed by atoms with Crippen LogP contribution in [0.15, 0.2) is 16.4 Å². The lowest BCUT2D eigenvalue weighted by atomic mass is 9.85. The van der Waals surface area contributed by atoms with E-state index in [1.807, 2.05) is 0 Å². The number of rotatable bonds is 7. The highest BCUT2D eigenvalue weighted by molar-refractivity contribution is 6.01. The van der Waals surface area contributed by atoms with E-state index in [2.05, 4.69) is 10.3 Å². The smallest absolute Gasteiger partial charge is 0.325 e. The predicted molar refractivity (Wildman–Crippen MR) is 74.9 cm³/mol. The van der Waals surface area contributed by atoms with Crippen molar-refractivity contribution < 1.29 is 30.0 Å². The number of aliphatic carboxylic acids is 1. The lowest BCUT2D eigenvalue weighted by Crippen LogP contribution is -2.45. The molecule has 0 amide bonds. The molecule has 0 saturated carbocycles. The molecule has 0 heterocycles. The van der Waals surface area contributed by atoms with Gasteiger partial charge in [0.2, 0.25) is 0 Å². The molecular formula is C13H22N2O6. The zero-order valence-electron chi connectivity index (χ0n) is 12.2. The third-order valence-electron chi connectivity index (χ3n) is 3.14. The van der Waals surface area contributed by atoms with Crippen LogP contribution < -0.4 is 5.32 Å². The number of nitrogens with zero attached hydrogens (tertiary/aromatic N) is 1. The van der Waals surface area contributed by atoms with Gasteiger partial charge in [-0.1, -0.05) is 0 Å². The number of hydrogen-bond acceptors (Lipinski definition) is 7. The van der Waals surface area contributed by atoms with Gasteiger partial charge in [0.1, 0.15) is 6.54 Å². The Hall–Kier alpha value is -1.64. The molecule has 21 heavy (non-hydrogen) atoms. The summed E-state index contributed by atoms with van der Waals surface area (Å²) in [6, 6.07) is -0.285. The first kappa shape index (κ1) is 17.4. The molecule has 1 aliphatic rings. The van der Waals surface area contributed by atoms with Gasteiger partial charge < -0.3 is 30.5 Å². The molecule has 0 fully saturated rings. The van der Waals surface area contributed by atoms with Crippen molar-refractivity contribution in [1.82, 2.24) is 5.32 Å². The Kier molecular flexibility index (Phi) is 6.13. The van der Waals surface area contributed by atoms with Crippen LogP contribution in [0.25, 0.3) is 0 Å². The topological polar surface area (TPSA) is 132 Å². The van der Waals surface area contributed by atoms with Gasteiger partial charge in [0.25, 0.3) is 0 Å². The minimum Gasteiger partial charge on any atom is -0.493 e. The zero-order valence-corrected chi connectivity index (χ0v) is 12.2. The van der Waals surface area contributed by atoms with Crippen LogP contribution >= 0.6 is 0 Å². The van der Waals surface area contributed by atoms with Crippen LogP contribution in [0.1, 0.15) is 19.8 Å². The molecule has 2 atom stereocenters. The summed E-state index contributed by atoms with van der Waals surface area (Å²) in [4.78, 5) is 14.6. The number of hydrogen-bond donors (Lipinski definition) is 5. The van der Waals surface area contributed by atoms with Crippen molar-refractivity contribution >= 4 is 11.7 Å². The summed E-state index contributed by atoms with van der Waals surface area (Å²) in [7, 11) is 1.42. The van der Waals surface area contributed by atoms with Crippen LogP contribution in [-0.4, -0.2) is 70.6 Å². The number of aliphatic hydroxyl groups is 3. The molecule has 0 aromatic carbocycles. The third-order valence-corrected chi connectivity index (χ3v) is 3.14. The normalized spacial score (nSPS) is 25.9. The van der Waals surface area contributed by atoms with Crippen molar-refractivity contribution in [1.29, 1.82) is 0 Å².